The Morgan fingerprint density at radius 2 is 1.90 bits per heavy atom. The minimum Gasteiger partial charge on any atom is -0.480 e. The van der Waals surface area contributed by atoms with Crippen LogP contribution in [0.5, 0.6) is 0 Å². The van der Waals surface area contributed by atoms with Crippen molar-refractivity contribution < 1.29 is 14.7 Å². The summed E-state index contributed by atoms with van der Waals surface area (Å²) < 4.78 is 0. The molecule has 1 amide bonds. The summed E-state index contributed by atoms with van der Waals surface area (Å²) in [6, 6.07) is 12.7. The Kier molecular flexibility index (Phi) is 4.72. The first-order valence-electron chi connectivity index (χ1n) is 6.71. The molecule has 0 aliphatic heterocycles. The summed E-state index contributed by atoms with van der Waals surface area (Å²) >= 11 is 0. The molecule has 0 aliphatic carbocycles. The van der Waals surface area contributed by atoms with E-state index in [1.165, 1.54) is 6.08 Å². The van der Waals surface area contributed by atoms with E-state index in [9.17, 15) is 9.59 Å². The fourth-order valence-corrected chi connectivity index (χ4v) is 2.17. The predicted octanol–water partition coefficient (Wildman–Crippen LogP) is 2.53. The van der Waals surface area contributed by atoms with Crippen LogP contribution in [-0.2, 0) is 16.0 Å². The van der Waals surface area contributed by atoms with Crippen LogP contribution in [0.1, 0.15) is 12.0 Å². The summed E-state index contributed by atoms with van der Waals surface area (Å²) in [4.78, 5) is 22.9. The lowest BCUT2D eigenvalue weighted by Gasteiger charge is -2.12. The molecule has 1 atom stereocenters. The van der Waals surface area contributed by atoms with Crippen molar-refractivity contribution in [1.82, 2.24) is 5.32 Å². The van der Waals surface area contributed by atoms with Crippen molar-refractivity contribution >= 4 is 22.6 Å². The van der Waals surface area contributed by atoms with Crippen LogP contribution in [0.15, 0.2) is 55.1 Å². The molecule has 2 rings (SSSR count). The molecule has 108 valence electrons. The third kappa shape index (κ3) is 3.92. The fourth-order valence-electron chi connectivity index (χ4n) is 2.17. The zero-order valence-corrected chi connectivity index (χ0v) is 11.6. The number of rotatable bonds is 6. The minimum atomic E-state index is -1.05. The second-order valence-electron chi connectivity index (χ2n) is 4.84. The van der Waals surface area contributed by atoms with Crippen molar-refractivity contribution in [3.8, 4) is 0 Å². The van der Waals surface area contributed by atoms with Gasteiger partial charge in [0.25, 0.3) is 0 Å². The second-order valence-corrected chi connectivity index (χ2v) is 4.84. The molecule has 0 fully saturated rings. The van der Waals surface area contributed by atoms with Gasteiger partial charge < -0.3 is 10.4 Å². The molecule has 0 spiro atoms. The van der Waals surface area contributed by atoms with Gasteiger partial charge in [-0.3, -0.25) is 4.79 Å². The molecule has 0 saturated carbocycles. The van der Waals surface area contributed by atoms with E-state index in [0.717, 1.165) is 16.3 Å². The molecule has 2 aromatic carbocycles. The van der Waals surface area contributed by atoms with E-state index in [-0.39, 0.29) is 18.7 Å². The number of hydrogen-bond donors (Lipinski definition) is 2. The van der Waals surface area contributed by atoms with Gasteiger partial charge in [0.2, 0.25) is 5.91 Å². The van der Waals surface area contributed by atoms with Crippen LogP contribution in [0.4, 0.5) is 0 Å². The molecule has 4 nitrogen and oxygen atoms in total. The number of aliphatic carboxylic acids is 1. The van der Waals surface area contributed by atoms with Crippen molar-refractivity contribution in [3.05, 3.63) is 60.7 Å². The maximum Gasteiger partial charge on any atom is 0.326 e. The maximum absolute atomic E-state index is 11.9. The second kappa shape index (κ2) is 6.70. The summed E-state index contributed by atoms with van der Waals surface area (Å²) in [5.41, 5.74) is 0.856. The Morgan fingerprint density at radius 1 is 1.19 bits per heavy atom. The molecule has 2 aromatic rings. The number of carboxylic acid groups (broad SMARTS) is 1. The van der Waals surface area contributed by atoms with E-state index >= 15 is 0 Å². The van der Waals surface area contributed by atoms with Crippen molar-refractivity contribution in [2.45, 2.75) is 18.9 Å². The summed E-state index contributed by atoms with van der Waals surface area (Å²) in [5.74, 6) is -1.36. The maximum atomic E-state index is 11.9. The third-order valence-electron chi connectivity index (χ3n) is 3.21. The van der Waals surface area contributed by atoms with Crippen molar-refractivity contribution in [2.24, 2.45) is 0 Å². The lowest BCUT2D eigenvalue weighted by Crippen LogP contribution is -2.41. The van der Waals surface area contributed by atoms with Crippen LogP contribution in [0.3, 0.4) is 0 Å². The number of nitrogens with one attached hydrogen (secondary N) is 1. The largest absolute Gasteiger partial charge is 0.480 e. The Hall–Kier alpha value is -2.62. The Balaban J connectivity index is 2.06. The average Bonchev–Trinajstić information content (AvgIpc) is 2.46. The van der Waals surface area contributed by atoms with E-state index in [0.29, 0.717) is 0 Å². The molecular formula is C17H17NO3. The molecule has 0 radical (unpaired) electrons. The highest BCUT2D eigenvalue weighted by Gasteiger charge is 2.18. The Labute approximate surface area is 123 Å². The SMILES string of the molecule is C=CCC(NC(=O)Cc1ccc2ccccc2c1)C(=O)O. The number of carbonyl (C=O) groups is 2. The zero-order valence-electron chi connectivity index (χ0n) is 11.6. The molecule has 0 bridgehead atoms. The quantitative estimate of drug-likeness (QED) is 0.801. The molecule has 1 unspecified atom stereocenters. The summed E-state index contributed by atoms with van der Waals surface area (Å²) in [6.07, 6.45) is 1.85. The lowest BCUT2D eigenvalue weighted by atomic mass is 10.0. The van der Waals surface area contributed by atoms with Crippen LogP contribution >= 0.6 is 0 Å². The van der Waals surface area contributed by atoms with Gasteiger partial charge in [-0.2, -0.15) is 0 Å². The van der Waals surface area contributed by atoms with Crippen LogP contribution in [0.25, 0.3) is 10.8 Å². The minimum absolute atomic E-state index is 0.158. The van der Waals surface area contributed by atoms with Gasteiger partial charge in [-0.25, -0.2) is 4.79 Å². The van der Waals surface area contributed by atoms with Gasteiger partial charge in [0.05, 0.1) is 6.42 Å². The first-order valence-corrected chi connectivity index (χ1v) is 6.71. The molecule has 21 heavy (non-hydrogen) atoms. The van der Waals surface area contributed by atoms with Crippen LogP contribution in [0, 0.1) is 0 Å². The molecule has 0 aromatic heterocycles. The van der Waals surface area contributed by atoms with E-state index < -0.39 is 12.0 Å². The van der Waals surface area contributed by atoms with Crippen LogP contribution < -0.4 is 5.32 Å². The van der Waals surface area contributed by atoms with Crippen LogP contribution in [0.2, 0.25) is 0 Å². The highest BCUT2D eigenvalue weighted by molar-refractivity contribution is 5.87. The number of carboxylic acids is 1. The van der Waals surface area contributed by atoms with Crippen LogP contribution in [-0.4, -0.2) is 23.0 Å². The van der Waals surface area contributed by atoms with Gasteiger partial charge in [-0.05, 0) is 22.8 Å². The Bertz CT molecular complexity index is 679. The van der Waals surface area contributed by atoms with E-state index in [1.807, 2.05) is 42.5 Å². The first-order chi connectivity index (χ1) is 10.1. The fraction of sp³-hybridized carbons (Fsp3) is 0.176. The molecule has 0 saturated heterocycles. The number of fused-ring (bicyclic) bond motifs is 1. The molecule has 4 heteroatoms. The lowest BCUT2D eigenvalue weighted by molar-refractivity contribution is -0.141. The number of hydrogen-bond acceptors (Lipinski definition) is 2. The van der Waals surface area contributed by atoms with Gasteiger partial charge in [0.15, 0.2) is 0 Å². The number of carbonyl (C=O) groups excluding carboxylic acids is 1. The van der Waals surface area contributed by atoms with Crippen molar-refractivity contribution in [2.75, 3.05) is 0 Å². The van der Waals surface area contributed by atoms with Crippen molar-refractivity contribution in [3.63, 3.8) is 0 Å². The van der Waals surface area contributed by atoms with E-state index in [4.69, 9.17) is 5.11 Å². The highest BCUT2D eigenvalue weighted by atomic mass is 16.4. The first kappa shape index (κ1) is 14.8. The summed E-state index contributed by atoms with van der Waals surface area (Å²) in [5, 5.41) is 13.7. The molecule has 0 aliphatic rings. The van der Waals surface area contributed by atoms with E-state index in [1.54, 1.807) is 0 Å². The van der Waals surface area contributed by atoms with E-state index in [2.05, 4.69) is 11.9 Å². The predicted molar refractivity (Wildman–Crippen MR) is 82.0 cm³/mol. The standard InChI is InChI=1S/C17H17NO3/c1-2-5-15(17(20)21)18-16(19)11-12-8-9-13-6-3-4-7-14(13)10-12/h2-4,6-10,15H,1,5,11H2,(H,18,19)(H,20,21). The normalized spacial score (nSPS) is 11.8. The van der Waals surface area contributed by atoms with Gasteiger partial charge in [0.1, 0.15) is 6.04 Å². The molecule has 2 N–H and O–H groups in total. The summed E-state index contributed by atoms with van der Waals surface area (Å²) in [7, 11) is 0. The smallest absolute Gasteiger partial charge is 0.326 e. The van der Waals surface area contributed by atoms with Gasteiger partial charge >= 0.3 is 5.97 Å². The monoisotopic (exact) mass is 283 g/mol. The number of benzene rings is 2. The summed E-state index contributed by atoms with van der Waals surface area (Å²) in [6.45, 7) is 3.49. The van der Waals surface area contributed by atoms with Crippen molar-refractivity contribution in [1.29, 1.82) is 0 Å². The van der Waals surface area contributed by atoms with Gasteiger partial charge in [-0.15, -0.1) is 6.58 Å². The molecular weight excluding hydrogens is 266 g/mol. The Morgan fingerprint density at radius 3 is 2.57 bits per heavy atom. The van der Waals surface area contributed by atoms with Gasteiger partial charge in [-0.1, -0.05) is 48.5 Å². The average molecular weight is 283 g/mol. The zero-order chi connectivity index (χ0) is 15.2. The van der Waals surface area contributed by atoms with Gasteiger partial charge in [0, 0.05) is 0 Å². The number of amides is 1. The molecule has 0 heterocycles. The third-order valence-corrected chi connectivity index (χ3v) is 3.21. The topological polar surface area (TPSA) is 66.4 Å². The highest BCUT2D eigenvalue weighted by Crippen LogP contribution is 2.16.